The number of ketones is 2. The van der Waals surface area contributed by atoms with E-state index in [1.165, 1.54) is 13.4 Å². The Morgan fingerprint density at radius 1 is 0.889 bits per heavy atom. The Labute approximate surface area is 207 Å². The molecule has 1 aliphatic carbocycles. The first-order valence-corrected chi connectivity index (χ1v) is 11.2. The van der Waals surface area contributed by atoms with Crippen molar-refractivity contribution >= 4 is 34.0 Å². The van der Waals surface area contributed by atoms with Crippen LogP contribution in [0.15, 0.2) is 65.6 Å². The van der Waals surface area contributed by atoms with Crippen LogP contribution >= 0.6 is 0 Å². The van der Waals surface area contributed by atoms with E-state index in [0.717, 1.165) is 6.08 Å². The molecule has 0 radical (unpaired) electrons. The minimum atomic E-state index is -0.424. The normalized spacial score (nSPS) is 14.6. The van der Waals surface area contributed by atoms with Crippen molar-refractivity contribution < 1.29 is 33.3 Å². The van der Waals surface area contributed by atoms with Gasteiger partial charge < -0.3 is 23.7 Å². The second kappa shape index (κ2) is 11.9. The molecule has 1 aromatic heterocycles. The fourth-order valence-corrected chi connectivity index (χ4v) is 3.43. The van der Waals surface area contributed by atoms with Gasteiger partial charge in [-0.3, -0.25) is 9.59 Å². The molecular formula is C26H25N3O7. The average Bonchev–Trinajstić information content (AvgIpc) is 2.89. The molecule has 10 heteroatoms. The Morgan fingerprint density at radius 2 is 1.67 bits per heavy atom. The molecule has 0 amide bonds. The highest BCUT2D eigenvalue weighted by molar-refractivity contribution is 6.50. The van der Waals surface area contributed by atoms with Crippen LogP contribution < -0.4 is 14.2 Å². The van der Waals surface area contributed by atoms with Crippen molar-refractivity contribution in [3.05, 3.63) is 60.6 Å². The van der Waals surface area contributed by atoms with Crippen molar-refractivity contribution in [3.63, 3.8) is 0 Å². The third-order valence-corrected chi connectivity index (χ3v) is 5.19. The SMILES string of the molecule is COCCOc1cc2ncnc(N=C3CC(=O)C(OCCOc4ccccc4)=CC3=O)c2cc1OC. The van der Waals surface area contributed by atoms with Crippen molar-refractivity contribution in [1.82, 2.24) is 9.97 Å². The van der Waals surface area contributed by atoms with Gasteiger partial charge in [-0.1, -0.05) is 18.2 Å². The summed E-state index contributed by atoms with van der Waals surface area (Å²) in [5.74, 6) is 1.09. The van der Waals surface area contributed by atoms with Gasteiger partial charge in [0.2, 0.25) is 11.6 Å². The summed E-state index contributed by atoms with van der Waals surface area (Å²) in [6.45, 7) is 1.11. The standard InChI is InChI=1S/C26H25N3O7/c1-32-8-9-36-25-14-19-18(12-24(25)33-2)26(28-16-27-19)29-20-13-22(31)23(15-21(20)30)35-11-10-34-17-6-4-3-5-7-17/h3-7,12,14-16H,8-11,13H2,1-2H3. The first-order chi connectivity index (χ1) is 17.6. The number of carbonyl (C=O) groups is 2. The van der Waals surface area contributed by atoms with E-state index in [1.807, 2.05) is 30.3 Å². The van der Waals surface area contributed by atoms with Crippen molar-refractivity contribution in [2.45, 2.75) is 6.42 Å². The van der Waals surface area contributed by atoms with E-state index in [-0.39, 0.29) is 42.7 Å². The van der Waals surface area contributed by atoms with Crippen LogP contribution in [0.3, 0.4) is 0 Å². The predicted molar refractivity (Wildman–Crippen MR) is 131 cm³/mol. The number of fused-ring (bicyclic) bond motifs is 1. The first-order valence-electron chi connectivity index (χ1n) is 11.2. The smallest absolute Gasteiger partial charge is 0.204 e. The number of benzene rings is 2. The molecule has 0 saturated heterocycles. The van der Waals surface area contributed by atoms with Crippen LogP contribution in [0.4, 0.5) is 5.82 Å². The van der Waals surface area contributed by atoms with E-state index in [2.05, 4.69) is 15.0 Å². The van der Waals surface area contributed by atoms with Crippen LogP contribution in [-0.4, -0.2) is 67.9 Å². The van der Waals surface area contributed by atoms with Crippen molar-refractivity contribution in [2.75, 3.05) is 40.6 Å². The van der Waals surface area contributed by atoms with Crippen molar-refractivity contribution in [1.29, 1.82) is 0 Å². The molecule has 3 aromatic rings. The molecule has 0 spiro atoms. The van der Waals surface area contributed by atoms with E-state index >= 15 is 0 Å². The lowest BCUT2D eigenvalue weighted by Crippen LogP contribution is -2.26. The molecule has 0 saturated carbocycles. The summed E-state index contributed by atoms with van der Waals surface area (Å²) in [6, 6.07) is 12.6. The first kappa shape index (κ1) is 24.8. The summed E-state index contributed by atoms with van der Waals surface area (Å²) in [5.41, 5.74) is 0.609. The number of rotatable bonds is 11. The maximum atomic E-state index is 12.7. The number of ether oxygens (including phenoxy) is 5. The van der Waals surface area contributed by atoms with Crippen LogP contribution in [0, 0.1) is 0 Å². The summed E-state index contributed by atoms with van der Waals surface area (Å²) in [4.78, 5) is 38.1. The van der Waals surface area contributed by atoms with E-state index in [0.29, 0.717) is 41.4 Å². The zero-order chi connectivity index (χ0) is 25.3. The number of Topliss-reactive ketones (excluding diaryl/α,β-unsaturated/α-hetero) is 1. The van der Waals surface area contributed by atoms with Gasteiger partial charge in [-0.05, 0) is 18.2 Å². The summed E-state index contributed by atoms with van der Waals surface area (Å²) in [7, 11) is 3.10. The minimum Gasteiger partial charge on any atom is -0.493 e. The largest absolute Gasteiger partial charge is 0.493 e. The van der Waals surface area contributed by atoms with E-state index in [1.54, 1.807) is 19.2 Å². The molecule has 0 atom stereocenters. The number of hydrogen-bond acceptors (Lipinski definition) is 10. The quantitative estimate of drug-likeness (QED) is 0.372. The predicted octanol–water partition coefficient (Wildman–Crippen LogP) is 3.26. The highest BCUT2D eigenvalue weighted by atomic mass is 16.5. The molecule has 10 nitrogen and oxygen atoms in total. The molecule has 4 rings (SSSR count). The Bertz CT molecular complexity index is 1310. The molecule has 0 N–H and O–H groups in total. The third kappa shape index (κ3) is 6.02. The van der Waals surface area contributed by atoms with Gasteiger partial charge in [-0.2, -0.15) is 0 Å². The lowest BCUT2D eigenvalue weighted by Gasteiger charge is -2.15. The summed E-state index contributed by atoms with van der Waals surface area (Å²) in [5, 5.41) is 0.547. The van der Waals surface area contributed by atoms with Crippen LogP contribution in [0.1, 0.15) is 6.42 Å². The van der Waals surface area contributed by atoms with Gasteiger partial charge in [0.05, 0.1) is 31.4 Å². The maximum Gasteiger partial charge on any atom is 0.204 e. The van der Waals surface area contributed by atoms with Gasteiger partial charge in [-0.25, -0.2) is 15.0 Å². The summed E-state index contributed by atoms with van der Waals surface area (Å²) in [6.07, 6.45) is 2.28. The lowest BCUT2D eigenvalue weighted by molar-refractivity contribution is -0.120. The molecule has 0 bridgehead atoms. The Hall–Kier alpha value is -4.31. The molecule has 2 aromatic carbocycles. The summed E-state index contributed by atoms with van der Waals surface area (Å²) < 4.78 is 27.2. The molecule has 1 heterocycles. The highest BCUT2D eigenvalue weighted by Gasteiger charge is 2.26. The van der Waals surface area contributed by atoms with Crippen LogP contribution in [0.5, 0.6) is 17.2 Å². The number of aromatic nitrogens is 2. The van der Waals surface area contributed by atoms with Gasteiger partial charge in [0.15, 0.2) is 23.1 Å². The Balaban J connectivity index is 1.48. The van der Waals surface area contributed by atoms with Crippen molar-refractivity contribution in [2.24, 2.45) is 4.99 Å². The molecule has 0 aliphatic heterocycles. The van der Waals surface area contributed by atoms with Crippen LogP contribution in [-0.2, 0) is 19.1 Å². The molecule has 1 aliphatic rings. The number of para-hydroxylation sites is 1. The van der Waals surface area contributed by atoms with Crippen LogP contribution in [0.2, 0.25) is 0 Å². The van der Waals surface area contributed by atoms with Gasteiger partial charge in [0, 0.05) is 24.6 Å². The monoisotopic (exact) mass is 491 g/mol. The third-order valence-electron chi connectivity index (χ3n) is 5.19. The second-order valence-electron chi connectivity index (χ2n) is 7.60. The Morgan fingerprint density at radius 3 is 2.44 bits per heavy atom. The number of carbonyl (C=O) groups excluding carboxylic acids is 2. The number of nitrogens with zero attached hydrogens (tertiary/aromatic N) is 3. The number of hydrogen-bond donors (Lipinski definition) is 0. The molecule has 0 fully saturated rings. The topological polar surface area (TPSA) is 118 Å². The molecule has 186 valence electrons. The van der Waals surface area contributed by atoms with Gasteiger partial charge >= 0.3 is 0 Å². The average molecular weight is 492 g/mol. The second-order valence-corrected chi connectivity index (χ2v) is 7.60. The molecule has 0 unspecified atom stereocenters. The Kier molecular flexibility index (Phi) is 8.20. The zero-order valence-electron chi connectivity index (χ0n) is 19.9. The summed E-state index contributed by atoms with van der Waals surface area (Å²) >= 11 is 0. The van der Waals surface area contributed by atoms with E-state index < -0.39 is 5.78 Å². The van der Waals surface area contributed by atoms with Crippen LogP contribution in [0.25, 0.3) is 10.9 Å². The highest BCUT2D eigenvalue weighted by Crippen LogP contribution is 2.35. The van der Waals surface area contributed by atoms with Gasteiger partial charge in [0.1, 0.15) is 31.9 Å². The number of aliphatic imine (C=N–C) groups is 1. The van der Waals surface area contributed by atoms with E-state index in [9.17, 15) is 9.59 Å². The fourth-order valence-electron chi connectivity index (χ4n) is 3.43. The maximum absolute atomic E-state index is 12.7. The number of allylic oxidation sites excluding steroid dienone is 2. The number of methoxy groups -OCH3 is 2. The zero-order valence-corrected chi connectivity index (χ0v) is 19.9. The van der Waals surface area contributed by atoms with Gasteiger partial charge in [0.25, 0.3) is 0 Å². The van der Waals surface area contributed by atoms with Crippen molar-refractivity contribution in [3.8, 4) is 17.2 Å². The molecule has 36 heavy (non-hydrogen) atoms. The van der Waals surface area contributed by atoms with E-state index in [4.69, 9.17) is 23.7 Å². The fraction of sp³-hybridized carbons (Fsp3) is 0.269. The molecular weight excluding hydrogens is 466 g/mol. The minimum absolute atomic E-state index is 0.0114. The lowest BCUT2D eigenvalue weighted by atomic mass is 10.0. The van der Waals surface area contributed by atoms with Gasteiger partial charge in [-0.15, -0.1) is 0 Å².